The molecule has 0 saturated heterocycles. The third-order valence-electron chi connectivity index (χ3n) is 3.24. The quantitative estimate of drug-likeness (QED) is 0.412. The molecule has 0 aromatic heterocycles. The standard InChI is InChI=1S/C16H13N3O6S/c1-25-13-6-5-10(15(21)22)8-12(13)17-16(26)18-14(20)9-3-2-4-11(7-9)19(23)24/h2-8H,1H3,(H,21,22)(H2,17,18,20,26). The second kappa shape index (κ2) is 8.03. The molecule has 0 fully saturated rings. The Morgan fingerprint density at radius 1 is 1.19 bits per heavy atom. The molecule has 0 aliphatic rings. The topological polar surface area (TPSA) is 131 Å². The number of amides is 1. The second-order valence-electron chi connectivity index (χ2n) is 4.94. The average molecular weight is 375 g/mol. The van der Waals surface area contributed by atoms with Crippen LogP contribution in [0.3, 0.4) is 0 Å². The number of methoxy groups -OCH3 is 1. The van der Waals surface area contributed by atoms with Crippen molar-refractivity contribution in [3.8, 4) is 5.75 Å². The first-order chi connectivity index (χ1) is 12.3. The summed E-state index contributed by atoms with van der Waals surface area (Å²) in [5, 5.41) is 24.7. The summed E-state index contributed by atoms with van der Waals surface area (Å²) < 4.78 is 5.11. The van der Waals surface area contributed by atoms with Gasteiger partial charge in [-0.05, 0) is 36.5 Å². The van der Waals surface area contributed by atoms with Gasteiger partial charge in [-0.15, -0.1) is 0 Å². The Morgan fingerprint density at radius 3 is 2.54 bits per heavy atom. The smallest absolute Gasteiger partial charge is 0.335 e. The average Bonchev–Trinajstić information content (AvgIpc) is 2.61. The van der Waals surface area contributed by atoms with Crippen molar-refractivity contribution >= 4 is 40.6 Å². The highest BCUT2D eigenvalue weighted by Crippen LogP contribution is 2.25. The lowest BCUT2D eigenvalue weighted by molar-refractivity contribution is -0.384. The first-order valence-electron chi connectivity index (χ1n) is 7.10. The molecule has 0 saturated carbocycles. The number of hydrogen-bond donors (Lipinski definition) is 3. The molecule has 26 heavy (non-hydrogen) atoms. The first kappa shape index (κ1) is 18.8. The molecule has 10 heteroatoms. The normalized spacial score (nSPS) is 9.88. The summed E-state index contributed by atoms with van der Waals surface area (Å²) in [4.78, 5) is 33.4. The van der Waals surface area contributed by atoms with Crippen molar-refractivity contribution in [3.05, 3.63) is 63.7 Å². The van der Waals surface area contributed by atoms with E-state index in [4.69, 9.17) is 22.1 Å². The number of nitro groups is 1. The number of nitro benzene ring substituents is 1. The molecule has 3 N–H and O–H groups in total. The van der Waals surface area contributed by atoms with E-state index in [0.29, 0.717) is 5.75 Å². The molecule has 2 rings (SSSR count). The number of nitrogens with one attached hydrogen (secondary N) is 2. The molecule has 0 radical (unpaired) electrons. The summed E-state index contributed by atoms with van der Waals surface area (Å²) in [6.45, 7) is 0. The van der Waals surface area contributed by atoms with E-state index in [9.17, 15) is 19.7 Å². The van der Waals surface area contributed by atoms with Crippen molar-refractivity contribution in [2.45, 2.75) is 0 Å². The van der Waals surface area contributed by atoms with E-state index in [1.54, 1.807) is 0 Å². The van der Waals surface area contributed by atoms with Gasteiger partial charge in [-0.25, -0.2) is 4.79 Å². The van der Waals surface area contributed by atoms with Gasteiger partial charge in [0.2, 0.25) is 0 Å². The van der Waals surface area contributed by atoms with Crippen LogP contribution in [0.5, 0.6) is 5.75 Å². The Bertz CT molecular complexity index is 899. The highest BCUT2D eigenvalue weighted by atomic mass is 32.1. The number of carbonyl (C=O) groups is 2. The van der Waals surface area contributed by atoms with Crippen molar-refractivity contribution in [3.63, 3.8) is 0 Å². The number of anilines is 1. The molecule has 134 valence electrons. The fourth-order valence-electron chi connectivity index (χ4n) is 2.03. The Hall–Kier alpha value is -3.53. The van der Waals surface area contributed by atoms with Crippen LogP contribution in [0.15, 0.2) is 42.5 Å². The summed E-state index contributed by atoms with van der Waals surface area (Å²) in [7, 11) is 1.39. The highest BCUT2D eigenvalue weighted by molar-refractivity contribution is 7.80. The van der Waals surface area contributed by atoms with Gasteiger partial charge in [0.15, 0.2) is 5.11 Å². The molecule has 2 aromatic rings. The van der Waals surface area contributed by atoms with Crippen LogP contribution >= 0.6 is 12.2 Å². The minimum absolute atomic E-state index is 0.00103. The van der Waals surface area contributed by atoms with Gasteiger partial charge in [0, 0.05) is 17.7 Å². The van der Waals surface area contributed by atoms with Crippen LogP contribution in [0.25, 0.3) is 0 Å². The predicted octanol–water partition coefficient (Wildman–Crippen LogP) is 2.43. The molecular weight excluding hydrogens is 362 g/mol. The van der Waals surface area contributed by atoms with Gasteiger partial charge in [0.1, 0.15) is 5.75 Å². The van der Waals surface area contributed by atoms with E-state index in [2.05, 4.69) is 10.6 Å². The summed E-state index contributed by atoms with van der Waals surface area (Å²) in [6, 6.07) is 9.25. The van der Waals surface area contributed by atoms with Crippen LogP contribution in [0.2, 0.25) is 0 Å². The van der Waals surface area contributed by atoms with Crippen molar-refractivity contribution in [1.29, 1.82) is 0 Å². The van der Waals surface area contributed by atoms with Crippen molar-refractivity contribution < 1.29 is 24.4 Å². The number of ether oxygens (including phenoxy) is 1. The zero-order chi connectivity index (χ0) is 19.3. The Kier molecular flexibility index (Phi) is 5.81. The van der Waals surface area contributed by atoms with Crippen LogP contribution in [-0.2, 0) is 0 Å². The van der Waals surface area contributed by atoms with E-state index in [-0.39, 0.29) is 27.6 Å². The monoisotopic (exact) mass is 375 g/mol. The number of rotatable bonds is 5. The van der Waals surface area contributed by atoms with Crippen LogP contribution in [-0.4, -0.2) is 34.1 Å². The summed E-state index contributed by atoms with van der Waals surface area (Å²) >= 11 is 5.03. The number of non-ortho nitro benzene ring substituents is 1. The van der Waals surface area contributed by atoms with E-state index in [1.165, 1.54) is 43.5 Å². The van der Waals surface area contributed by atoms with Crippen LogP contribution < -0.4 is 15.4 Å². The largest absolute Gasteiger partial charge is 0.495 e. The van der Waals surface area contributed by atoms with E-state index in [1.807, 2.05) is 0 Å². The van der Waals surface area contributed by atoms with Gasteiger partial charge >= 0.3 is 5.97 Å². The van der Waals surface area contributed by atoms with Crippen molar-refractivity contribution in [2.24, 2.45) is 0 Å². The maximum atomic E-state index is 12.2. The van der Waals surface area contributed by atoms with E-state index in [0.717, 1.165) is 6.07 Å². The van der Waals surface area contributed by atoms with Gasteiger partial charge in [-0.2, -0.15) is 0 Å². The number of benzene rings is 2. The van der Waals surface area contributed by atoms with E-state index >= 15 is 0 Å². The molecule has 0 unspecified atom stereocenters. The van der Waals surface area contributed by atoms with E-state index < -0.39 is 16.8 Å². The minimum Gasteiger partial charge on any atom is -0.495 e. The van der Waals surface area contributed by atoms with Crippen LogP contribution in [0.4, 0.5) is 11.4 Å². The molecule has 0 spiro atoms. The molecule has 0 aliphatic carbocycles. The lowest BCUT2D eigenvalue weighted by atomic mass is 10.2. The highest BCUT2D eigenvalue weighted by Gasteiger charge is 2.14. The van der Waals surface area contributed by atoms with Crippen molar-refractivity contribution in [1.82, 2.24) is 5.32 Å². The van der Waals surface area contributed by atoms with Crippen molar-refractivity contribution in [2.75, 3.05) is 12.4 Å². The van der Waals surface area contributed by atoms with Gasteiger partial charge in [-0.1, -0.05) is 6.07 Å². The molecule has 2 aromatic carbocycles. The SMILES string of the molecule is COc1ccc(C(=O)O)cc1NC(=S)NC(=O)c1cccc([N+](=O)[O-])c1. The summed E-state index contributed by atoms with van der Waals surface area (Å²) in [5.41, 5.74) is 0.0693. The van der Waals surface area contributed by atoms with Crippen LogP contribution in [0, 0.1) is 10.1 Å². The zero-order valence-electron chi connectivity index (χ0n) is 13.4. The number of nitrogens with zero attached hydrogens (tertiary/aromatic N) is 1. The predicted molar refractivity (Wildman–Crippen MR) is 96.7 cm³/mol. The van der Waals surface area contributed by atoms with Gasteiger partial charge < -0.3 is 15.2 Å². The lowest BCUT2D eigenvalue weighted by Crippen LogP contribution is -2.34. The minimum atomic E-state index is -1.14. The third-order valence-corrected chi connectivity index (χ3v) is 3.44. The Labute approximate surface area is 152 Å². The summed E-state index contributed by atoms with van der Waals surface area (Å²) in [6.07, 6.45) is 0. The molecule has 0 bridgehead atoms. The maximum Gasteiger partial charge on any atom is 0.335 e. The number of carboxylic acid groups (broad SMARTS) is 1. The van der Waals surface area contributed by atoms with Gasteiger partial charge in [0.25, 0.3) is 11.6 Å². The fourth-order valence-corrected chi connectivity index (χ4v) is 2.23. The second-order valence-corrected chi connectivity index (χ2v) is 5.34. The van der Waals surface area contributed by atoms with Gasteiger partial charge in [-0.3, -0.25) is 20.2 Å². The summed E-state index contributed by atoms with van der Waals surface area (Å²) in [5.74, 6) is -1.47. The molecule has 0 aliphatic heterocycles. The van der Waals surface area contributed by atoms with Crippen LogP contribution in [0.1, 0.15) is 20.7 Å². The molecular formula is C16H13N3O6S. The number of hydrogen-bond acceptors (Lipinski definition) is 6. The number of aromatic carboxylic acids is 1. The molecule has 1 amide bonds. The van der Waals surface area contributed by atoms with Gasteiger partial charge in [0.05, 0.1) is 23.3 Å². The molecule has 0 atom stereocenters. The zero-order valence-corrected chi connectivity index (χ0v) is 14.2. The fraction of sp³-hybridized carbons (Fsp3) is 0.0625. The number of thiocarbonyl (C=S) groups is 1. The maximum absolute atomic E-state index is 12.2. The third kappa shape index (κ3) is 4.51. The first-order valence-corrected chi connectivity index (χ1v) is 7.50. The Morgan fingerprint density at radius 2 is 1.92 bits per heavy atom. The molecule has 9 nitrogen and oxygen atoms in total. The number of carbonyl (C=O) groups excluding carboxylic acids is 1. The number of carboxylic acids is 1. The molecule has 0 heterocycles. The lowest BCUT2D eigenvalue weighted by Gasteiger charge is -2.13. The Balaban J connectivity index is 2.14.